The minimum absolute atomic E-state index is 0.256. The van der Waals surface area contributed by atoms with Crippen LogP contribution in [0.5, 0.6) is 0 Å². The third-order valence-electron chi connectivity index (χ3n) is 2.39. The number of hydrogen-bond donors (Lipinski definition) is 3. The van der Waals surface area contributed by atoms with Crippen LogP contribution in [0.4, 0.5) is 0 Å². The fourth-order valence-electron chi connectivity index (χ4n) is 1.55. The zero-order chi connectivity index (χ0) is 12.8. The van der Waals surface area contributed by atoms with Gasteiger partial charge in [-0.05, 0) is 24.7 Å². The summed E-state index contributed by atoms with van der Waals surface area (Å²) in [5, 5.41) is 26.7. The van der Waals surface area contributed by atoms with Gasteiger partial charge in [0.05, 0.1) is 18.3 Å². The molecule has 0 saturated heterocycles. The van der Waals surface area contributed by atoms with Gasteiger partial charge in [-0.3, -0.25) is 4.90 Å². The molecule has 0 heterocycles. The number of hydrogen-bond acceptors (Lipinski definition) is 4. The Labute approximate surface area is 99.9 Å². The zero-order valence-electron chi connectivity index (χ0n) is 9.71. The molecule has 0 spiro atoms. The first-order valence-electron chi connectivity index (χ1n) is 5.32. The van der Waals surface area contributed by atoms with Gasteiger partial charge in [0.25, 0.3) is 0 Å². The molecule has 0 aliphatic carbocycles. The van der Waals surface area contributed by atoms with Crippen molar-refractivity contribution in [2.24, 2.45) is 0 Å². The Balaban J connectivity index is 2.54. The Morgan fingerprint density at radius 2 is 1.94 bits per heavy atom. The molecule has 0 aliphatic rings. The molecule has 1 aromatic rings. The van der Waals surface area contributed by atoms with Gasteiger partial charge in [0.15, 0.2) is 0 Å². The van der Waals surface area contributed by atoms with E-state index < -0.39 is 12.1 Å². The van der Waals surface area contributed by atoms with E-state index in [-0.39, 0.29) is 12.2 Å². The van der Waals surface area contributed by atoms with Gasteiger partial charge in [0.2, 0.25) is 0 Å². The lowest BCUT2D eigenvalue weighted by atomic mass is 10.1. The number of aromatic carboxylic acids is 1. The molecule has 0 aliphatic heterocycles. The lowest BCUT2D eigenvalue weighted by Gasteiger charge is -2.19. The van der Waals surface area contributed by atoms with Crippen LogP contribution in [0.25, 0.3) is 0 Å². The van der Waals surface area contributed by atoms with Crippen molar-refractivity contribution in [3.05, 3.63) is 35.4 Å². The molecule has 0 radical (unpaired) electrons. The maximum absolute atomic E-state index is 10.6. The quantitative estimate of drug-likeness (QED) is 0.659. The van der Waals surface area contributed by atoms with Crippen LogP contribution in [0.15, 0.2) is 24.3 Å². The third kappa shape index (κ3) is 4.52. The highest BCUT2D eigenvalue weighted by Crippen LogP contribution is 2.07. The number of rotatable bonds is 6. The number of carboxylic acid groups (broad SMARTS) is 1. The van der Waals surface area contributed by atoms with E-state index in [4.69, 9.17) is 10.2 Å². The SMILES string of the molecule is CN(Cc1ccc(C(=O)O)cc1)CC(O)CO. The average molecular weight is 239 g/mol. The summed E-state index contributed by atoms with van der Waals surface area (Å²) in [4.78, 5) is 12.5. The molecule has 1 aromatic carbocycles. The van der Waals surface area contributed by atoms with Crippen LogP contribution in [0, 0.1) is 0 Å². The monoisotopic (exact) mass is 239 g/mol. The van der Waals surface area contributed by atoms with Gasteiger partial charge in [0, 0.05) is 13.1 Å². The van der Waals surface area contributed by atoms with Crippen LogP contribution in [-0.2, 0) is 6.54 Å². The summed E-state index contributed by atoms with van der Waals surface area (Å²) in [6.07, 6.45) is -0.752. The van der Waals surface area contributed by atoms with E-state index in [0.717, 1.165) is 5.56 Å². The minimum Gasteiger partial charge on any atom is -0.478 e. The zero-order valence-corrected chi connectivity index (χ0v) is 9.71. The summed E-state index contributed by atoms with van der Waals surface area (Å²) in [5.74, 6) is -0.944. The molecule has 0 aromatic heterocycles. The first-order chi connectivity index (χ1) is 8.02. The van der Waals surface area contributed by atoms with Crippen molar-refractivity contribution < 1.29 is 20.1 Å². The number of aliphatic hydroxyl groups excluding tert-OH is 2. The van der Waals surface area contributed by atoms with Gasteiger partial charge in [-0.25, -0.2) is 4.79 Å². The molecule has 0 fully saturated rings. The lowest BCUT2D eigenvalue weighted by Crippen LogP contribution is -2.30. The number of aliphatic hydroxyl groups is 2. The van der Waals surface area contributed by atoms with Gasteiger partial charge >= 0.3 is 5.97 Å². The maximum Gasteiger partial charge on any atom is 0.335 e. The van der Waals surface area contributed by atoms with E-state index >= 15 is 0 Å². The Hall–Kier alpha value is -1.43. The van der Waals surface area contributed by atoms with Crippen molar-refractivity contribution in [2.45, 2.75) is 12.6 Å². The molecular formula is C12H17NO4. The van der Waals surface area contributed by atoms with Gasteiger partial charge < -0.3 is 15.3 Å². The molecule has 0 amide bonds. The summed E-state index contributed by atoms with van der Waals surface area (Å²) in [5.41, 5.74) is 1.22. The summed E-state index contributed by atoms with van der Waals surface area (Å²) in [6, 6.07) is 6.58. The van der Waals surface area contributed by atoms with Crippen molar-refractivity contribution in [2.75, 3.05) is 20.2 Å². The van der Waals surface area contributed by atoms with Crippen molar-refractivity contribution in [1.82, 2.24) is 4.90 Å². The number of carboxylic acids is 1. The Morgan fingerprint density at radius 3 is 2.41 bits per heavy atom. The smallest absolute Gasteiger partial charge is 0.335 e. The molecule has 0 saturated carbocycles. The van der Waals surface area contributed by atoms with E-state index in [1.54, 1.807) is 24.3 Å². The molecule has 1 rings (SSSR count). The number of likely N-dealkylation sites (N-methyl/N-ethyl adjacent to an activating group) is 1. The summed E-state index contributed by atoms with van der Waals surface area (Å²) >= 11 is 0. The summed E-state index contributed by atoms with van der Waals surface area (Å²) in [7, 11) is 1.82. The third-order valence-corrected chi connectivity index (χ3v) is 2.39. The normalized spacial score (nSPS) is 12.7. The standard InChI is InChI=1S/C12H17NO4/c1-13(7-11(15)8-14)6-9-2-4-10(5-3-9)12(16)17/h2-5,11,14-15H,6-8H2,1H3,(H,16,17). The van der Waals surface area contributed by atoms with E-state index in [2.05, 4.69) is 0 Å². The van der Waals surface area contributed by atoms with Crippen LogP contribution in [-0.4, -0.2) is 52.5 Å². The Morgan fingerprint density at radius 1 is 1.35 bits per heavy atom. The van der Waals surface area contributed by atoms with Crippen molar-refractivity contribution >= 4 is 5.97 Å². The fraction of sp³-hybridized carbons (Fsp3) is 0.417. The van der Waals surface area contributed by atoms with Crippen LogP contribution in [0.1, 0.15) is 15.9 Å². The van der Waals surface area contributed by atoms with Gasteiger partial charge in [-0.2, -0.15) is 0 Å². The second-order valence-electron chi connectivity index (χ2n) is 4.04. The number of benzene rings is 1. The summed E-state index contributed by atoms with van der Waals surface area (Å²) < 4.78 is 0. The lowest BCUT2D eigenvalue weighted by molar-refractivity contribution is 0.0648. The number of carbonyl (C=O) groups is 1. The van der Waals surface area contributed by atoms with Crippen molar-refractivity contribution in [3.63, 3.8) is 0 Å². The van der Waals surface area contributed by atoms with Crippen molar-refractivity contribution in [3.8, 4) is 0 Å². The largest absolute Gasteiger partial charge is 0.478 e. The first kappa shape index (κ1) is 13.6. The second kappa shape index (κ2) is 6.34. The van der Waals surface area contributed by atoms with Crippen LogP contribution >= 0.6 is 0 Å². The van der Waals surface area contributed by atoms with E-state index in [1.165, 1.54) is 0 Å². The van der Waals surface area contributed by atoms with Crippen LogP contribution in [0.3, 0.4) is 0 Å². The van der Waals surface area contributed by atoms with Crippen molar-refractivity contribution in [1.29, 1.82) is 0 Å². The highest BCUT2D eigenvalue weighted by Gasteiger charge is 2.08. The first-order valence-corrected chi connectivity index (χ1v) is 5.32. The molecule has 94 valence electrons. The van der Waals surface area contributed by atoms with Crippen LogP contribution < -0.4 is 0 Å². The predicted molar refractivity (Wildman–Crippen MR) is 62.8 cm³/mol. The Kier molecular flexibility index (Phi) is 5.09. The molecule has 17 heavy (non-hydrogen) atoms. The maximum atomic E-state index is 10.6. The molecule has 5 heteroatoms. The highest BCUT2D eigenvalue weighted by atomic mass is 16.4. The van der Waals surface area contributed by atoms with Crippen LogP contribution in [0.2, 0.25) is 0 Å². The van der Waals surface area contributed by atoms with E-state index in [9.17, 15) is 9.90 Å². The molecule has 3 N–H and O–H groups in total. The average Bonchev–Trinajstić information content (AvgIpc) is 2.29. The molecule has 5 nitrogen and oxygen atoms in total. The highest BCUT2D eigenvalue weighted by molar-refractivity contribution is 5.87. The Bertz CT molecular complexity index is 363. The topological polar surface area (TPSA) is 81.0 Å². The second-order valence-corrected chi connectivity index (χ2v) is 4.04. The molecule has 1 unspecified atom stereocenters. The molecule has 0 bridgehead atoms. The predicted octanol–water partition coefficient (Wildman–Crippen LogP) is 0.170. The van der Waals surface area contributed by atoms with Gasteiger partial charge in [-0.1, -0.05) is 12.1 Å². The fourth-order valence-corrected chi connectivity index (χ4v) is 1.55. The minimum atomic E-state index is -0.944. The molecular weight excluding hydrogens is 222 g/mol. The van der Waals surface area contributed by atoms with Gasteiger partial charge in [0.1, 0.15) is 0 Å². The van der Waals surface area contributed by atoms with E-state index in [1.807, 2.05) is 11.9 Å². The summed E-state index contributed by atoms with van der Waals surface area (Å²) in [6.45, 7) is 0.705. The van der Waals surface area contributed by atoms with Gasteiger partial charge in [-0.15, -0.1) is 0 Å². The molecule has 1 atom stereocenters. The number of nitrogens with zero attached hydrogens (tertiary/aromatic N) is 1. The van der Waals surface area contributed by atoms with E-state index in [0.29, 0.717) is 13.1 Å².